The summed E-state index contributed by atoms with van der Waals surface area (Å²) in [6.45, 7) is 7.86. The highest BCUT2D eigenvalue weighted by atomic mass is 15.1. The molecule has 3 rings (SSSR count). The van der Waals surface area contributed by atoms with Crippen LogP contribution in [-0.2, 0) is 0 Å². The number of likely N-dealkylation sites (tertiary alicyclic amines) is 1. The van der Waals surface area contributed by atoms with E-state index in [1.165, 1.54) is 77.5 Å². The first-order valence-electron chi connectivity index (χ1n) is 8.77. The fourth-order valence-corrected chi connectivity index (χ4v) is 4.79. The summed E-state index contributed by atoms with van der Waals surface area (Å²) in [7, 11) is 0. The molecule has 2 aliphatic heterocycles. The third-order valence-corrected chi connectivity index (χ3v) is 5.77. The lowest BCUT2D eigenvalue weighted by molar-refractivity contribution is 0.114. The molecule has 2 saturated heterocycles. The minimum atomic E-state index is 0.841. The molecule has 0 aromatic heterocycles. The Bertz CT molecular complexity index is 270. The van der Waals surface area contributed by atoms with Crippen LogP contribution in [0.3, 0.4) is 0 Å². The lowest BCUT2D eigenvalue weighted by atomic mass is 9.81. The minimum Gasteiger partial charge on any atom is -0.314 e. The van der Waals surface area contributed by atoms with Gasteiger partial charge in [0.2, 0.25) is 0 Å². The average Bonchev–Trinajstić information content (AvgIpc) is 2.93. The normalized spacial score (nSPS) is 41.5. The number of hydrogen-bond donors (Lipinski definition) is 1. The lowest BCUT2D eigenvalue weighted by Gasteiger charge is -2.39. The van der Waals surface area contributed by atoms with E-state index in [1.54, 1.807) is 0 Å². The maximum Gasteiger partial charge on any atom is 0.0108 e. The molecule has 110 valence electrons. The number of nitrogens with zero attached hydrogens (tertiary/aromatic N) is 1. The minimum absolute atomic E-state index is 0.841. The first-order chi connectivity index (χ1) is 9.31. The van der Waals surface area contributed by atoms with Gasteiger partial charge in [-0.15, -0.1) is 0 Å². The monoisotopic (exact) mass is 264 g/mol. The van der Waals surface area contributed by atoms with Crippen molar-refractivity contribution in [3.05, 3.63) is 0 Å². The Labute approximate surface area is 119 Å². The third kappa shape index (κ3) is 3.72. The van der Waals surface area contributed by atoms with E-state index in [9.17, 15) is 0 Å². The van der Waals surface area contributed by atoms with Gasteiger partial charge in [0.05, 0.1) is 0 Å². The highest BCUT2D eigenvalue weighted by molar-refractivity contribution is 4.87. The summed E-state index contributed by atoms with van der Waals surface area (Å²) in [4.78, 5) is 2.80. The fraction of sp³-hybridized carbons (Fsp3) is 1.00. The Balaban J connectivity index is 1.47. The van der Waals surface area contributed by atoms with E-state index in [0.29, 0.717) is 0 Å². The van der Waals surface area contributed by atoms with Gasteiger partial charge in [-0.05, 0) is 69.4 Å². The molecule has 0 aromatic rings. The van der Waals surface area contributed by atoms with Gasteiger partial charge in [0, 0.05) is 19.1 Å². The van der Waals surface area contributed by atoms with Crippen LogP contribution in [0.1, 0.15) is 58.3 Å². The van der Waals surface area contributed by atoms with Gasteiger partial charge in [-0.1, -0.05) is 19.8 Å². The van der Waals surface area contributed by atoms with Crippen LogP contribution in [0.4, 0.5) is 0 Å². The topological polar surface area (TPSA) is 15.3 Å². The van der Waals surface area contributed by atoms with Crippen molar-refractivity contribution < 1.29 is 0 Å². The van der Waals surface area contributed by atoms with E-state index >= 15 is 0 Å². The van der Waals surface area contributed by atoms with Gasteiger partial charge in [-0.25, -0.2) is 0 Å². The highest BCUT2D eigenvalue weighted by Gasteiger charge is 2.30. The molecule has 4 atom stereocenters. The molecular formula is C17H32N2. The van der Waals surface area contributed by atoms with Crippen LogP contribution in [0.25, 0.3) is 0 Å². The summed E-state index contributed by atoms with van der Waals surface area (Å²) in [6, 6.07) is 0.841. The van der Waals surface area contributed by atoms with Crippen molar-refractivity contribution in [3.8, 4) is 0 Å². The van der Waals surface area contributed by atoms with Crippen molar-refractivity contribution in [2.45, 2.75) is 64.3 Å². The van der Waals surface area contributed by atoms with Gasteiger partial charge in [0.15, 0.2) is 0 Å². The molecule has 1 saturated carbocycles. The van der Waals surface area contributed by atoms with Crippen LogP contribution in [0, 0.1) is 17.8 Å². The zero-order chi connectivity index (χ0) is 13.1. The fourth-order valence-electron chi connectivity index (χ4n) is 4.79. The molecule has 1 N–H and O–H groups in total. The maximum atomic E-state index is 3.73. The number of rotatable bonds is 3. The SMILES string of the molecule is CC1CCCC(CN2CCCC(C3CCCN3)C2)C1. The predicted molar refractivity (Wildman–Crippen MR) is 81.3 cm³/mol. The molecular weight excluding hydrogens is 232 g/mol. The van der Waals surface area contributed by atoms with E-state index in [-0.39, 0.29) is 0 Å². The van der Waals surface area contributed by atoms with Gasteiger partial charge >= 0.3 is 0 Å². The van der Waals surface area contributed by atoms with Crippen molar-refractivity contribution in [2.24, 2.45) is 17.8 Å². The zero-order valence-electron chi connectivity index (χ0n) is 12.7. The molecule has 0 bridgehead atoms. The van der Waals surface area contributed by atoms with Crippen LogP contribution < -0.4 is 5.32 Å². The molecule has 0 aromatic carbocycles. The van der Waals surface area contributed by atoms with Crippen molar-refractivity contribution in [2.75, 3.05) is 26.2 Å². The molecule has 0 amide bonds. The van der Waals surface area contributed by atoms with Gasteiger partial charge in [0.25, 0.3) is 0 Å². The quantitative estimate of drug-likeness (QED) is 0.841. The first-order valence-corrected chi connectivity index (χ1v) is 8.77. The van der Waals surface area contributed by atoms with Gasteiger partial charge in [-0.3, -0.25) is 0 Å². The van der Waals surface area contributed by atoms with Crippen molar-refractivity contribution in [1.82, 2.24) is 10.2 Å². The molecule has 2 heterocycles. The van der Waals surface area contributed by atoms with Gasteiger partial charge < -0.3 is 10.2 Å². The summed E-state index contributed by atoms with van der Waals surface area (Å²) >= 11 is 0. The van der Waals surface area contributed by atoms with Gasteiger partial charge in [0.1, 0.15) is 0 Å². The van der Waals surface area contributed by atoms with Crippen molar-refractivity contribution >= 4 is 0 Å². The van der Waals surface area contributed by atoms with Crippen molar-refractivity contribution in [1.29, 1.82) is 0 Å². The van der Waals surface area contributed by atoms with Crippen LogP contribution in [0.15, 0.2) is 0 Å². The number of piperidine rings is 1. The summed E-state index contributed by atoms with van der Waals surface area (Å²) < 4.78 is 0. The van der Waals surface area contributed by atoms with E-state index in [1.807, 2.05) is 0 Å². The second kappa shape index (κ2) is 6.58. The maximum absolute atomic E-state index is 3.73. The van der Waals surface area contributed by atoms with E-state index < -0.39 is 0 Å². The zero-order valence-corrected chi connectivity index (χ0v) is 12.7. The third-order valence-electron chi connectivity index (χ3n) is 5.77. The van der Waals surface area contributed by atoms with E-state index in [2.05, 4.69) is 17.1 Å². The molecule has 3 aliphatic rings. The second-order valence-corrected chi connectivity index (χ2v) is 7.50. The molecule has 1 aliphatic carbocycles. The van der Waals surface area contributed by atoms with E-state index in [4.69, 9.17) is 0 Å². The lowest BCUT2D eigenvalue weighted by Crippen LogP contribution is -2.45. The summed E-state index contributed by atoms with van der Waals surface area (Å²) in [5, 5.41) is 3.73. The Hall–Kier alpha value is -0.0800. The number of hydrogen-bond acceptors (Lipinski definition) is 2. The Morgan fingerprint density at radius 2 is 2.00 bits per heavy atom. The molecule has 2 nitrogen and oxygen atoms in total. The van der Waals surface area contributed by atoms with Crippen LogP contribution in [-0.4, -0.2) is 37.1 Å². The smallest absolute Gasteiger partial charge is 0.0108 e. The Morgan fingerprint density at radius 1 is 1.05 bits per heavy atom. The highest BCUT2D eigenvalue weighted by Crippen LogP contribution is 2.31. The molecule has 4 unspecified atom stereocenters. The summed E-state index contributed by atoms with van der Waals surface area (Å²) in [5.41, 5.74) is 0. The Kier molecular flexibility index (Phi) is 4.81. The molecule has 2 heteroatoms. The molecule has 0 radical (unpaired) electrons. The molecule has 0 spiro atoms. The molecule has 3 fully saturated rings. The standard InChI is InChI=1S/C17H32N2/c1-14-5-2-6-15(11-14)12-19-10-4-7-16(13-19)17-8-3-9-18-17/h14-18H,2-13H2,1H3. The predicted octanol–water partition coefficient (Wildman–Crippen LogP) is 3.28. The molecule has 19 heavy (non-hydrogen) atoms. The Morgan fingerprint density at radius 3 is 2.79 bits per heavy atom. The van der Waals surface area contributed by atoms with Gasteiger partial charge in [-0.2, -0.15) is 0 Å². The van der Waals surface area contributed by atoms with Crippen LogP contribution in [0.2, 0.25) is 0 Å². The largest absolute Gasteiger partial charge is 0.314 e. The second-order valence-electron chi connectivity index (χ2n) is 7.50. The average molecular weight is 264 g/mol. The summed E-state index contributed by atoms with van der Waals surface area (Å²) in [5.74, 6) is 2.92. The van der Waals surface area contributed by atoms with Crippen molar-refractivity contribution in [3.63, 3.8) is 0 Å². The summed E-state index contributed by atoms with van der Waals surface area (Å²) in [6.07, 6.45) is 11.7. The van der Waals surface area contributed by atoms with Crippen LogP contribution >= 0.6 is 0 Å². The first kappa shape index (κ1) is 13.9. The van der Waals surface area contributed by atoms with E-state index in [0.717, 1.165) is 23.8 Å². The van der Waals surface area contributed by atoms with Crippen LogP contribution in [0.5, 0.6) is 0 Å². The number of nitrogens with one attached hydrogen (secondary N) is 1.